The van der Waals surface area contributed by atoms with Crippen LogP contribution in [0.5, 0.6) is 0 Å². The van der Waals surface area contributed by atoms with Crippen molar-refractivity contribution in [3.8, 4) is 11.5 Å². The first-order valence-electron chi connectivity index (χ1n) is 12.8. The van der Waals surface area contributed by atoms with Gasteiger partial charge in [-0.05, 0) is 53.8 Å². The lowest BCUT2D eigenvalue weighted by Gasteiger charge is -2.25. The molecule has 4 aromatic rings. The number of nitrogens with one attached hydrogen (secondary N) is 2. The van der Waals surface area contributed by atoms with E-state index >= 15 is 0 Å². The van der Waals surface area contributed by atoms with Gasteiger partial charge in [0.2, 0.25) is 17.6 Å². The lowest BCUT2D eigenvalue weighted by atomic mass is 10.00. The van der Waals surface area contributed by atoms with Gasteiger partial charge in [-0.1, -0.05) is 42.4 Å². The standard InChI is InChI=1S/C29H31F2N5O3/c1-2-19-6-5-7-20(12-19)17-32-18-26(37)25(15-21-13-22(30)16-23(31)14-21)34-27(38)9-10-28-35-29(36-39-28)24-8-3-4-11-33-24/h3-8,11-14,16,25-26,32,37H,2,9-10,15,17-18H2,1H3,(H,34,38). The number of hydrogen-bond acceptors (Lipinski definition) is 7. The molecule has 0 aliphatic heterocycles. The number of hydrogen-bond donors (Lipinski definition) is 3. The van der Waals surface area contributed by atoms with Crippen LogP contribution in [0.25, 0.3) is 11.5 Å². The third-order valence-electron chi connectivity index (χ3n) is 6.20. The highest BCUT2D eigenvalue weighted by molar-refractivity contribution is 5.76. The SMILES string of the molecule is CCc1cccc(CNCC(O)C(Cc2cc(F)cc(F)c2)NC(=O)CCc2nc(-c3ccccn3)no2)c1. The maximum atomic E-state index is 13.8. The molecule has 204 valence electrons. The maximum Gasteiger partial charge on any atom is 0.227 e. The number of carbonyl (C=O) groups excluding carboxylic acids is 1. The van der Waals surface area contributed by atoms with Gasteiger partial charge in [0.1, 0.15) is 17.3 Å². The highest BCUT2D eigenvalue weighted by Gasteiger charge is 2.23. The van der Waals surface area contributed by atoms with Crippen molar-refractivity contribution in [3.05, 3.63) is 101 Å². The second-order valence-corrected chi connectivity index (χ2v) is 9.25. The summed E-state index contributed by atoms with van der Waals surface area (Å²) in [5.41, 5.74) is 3.15. The molecule has 39 heavy (non-hydrogen) atoms. The van der Waals surface area contributed by atoms with E-state index in [0.717, 1.165) is 18.1 Å². The molecular weight excluding hydrogens is 504 g/mol. The van der Waals surface area contributed by atoms with Crippen LogP contribution in [0.1, 0.15) is 35.9 Å². The Morgan fingerprint density at radius 3 is 2.56 bits per heavy atom. The maximum absolute atomic E-state index is 13.8. The van der Waals surface area contributed by atoms with E-state index in [1.807, 2.05) is 12.1 Å². The number of rotatable bonds is 13. The first-order chi connectivity index (χ1) is 18.9. The van der Waals surface area contributed by atoms with Gasteiger partial charge in [-0.2, -0.15) is 4.98 Å². The molecule has 0 bridgehead atoms. The van der Waals surface area contributed by atoms with Crippen LogP contribution in [0.3, 0.4) is 0 Å². The number of amides is 1. The van der Waals surface area contributed by atoms with Crippen LogP contribution in [-0.4, -0.2) is 44.8 Å². The Morgan fingerprint density at radius 2 is 1.82 bits per heavy atom. The summed E-state index contributed by atoms with van der Waals surface area (Å²) in [6.45, 7) is 2.77. The van der Waals surface area contributed by atoms with Crippen LogP contribution in [0.2, 0.25) is 0 Å². The Bertz CT molecular complexity index is 1350. The molecular formula is C29H31F2N5O3. The molecule has 8 nitrogen and oxygen atoms in total. The Morgan fingerprint density at radius 1 is 1.03 bits per heavy atom. The summed E-state index contributed by atoms with van der Waals surface area (Å²) in [7, 11) is 0. The number of aliphatic hydroxyl groups excluding tert-OH is 1. The monoisotopic (exact) mass is 535 g/mol. The Kier molecular flexibility index (Phi) is 9.82. The number of aromatic nitrogens is 3. The lowest BCUT2D eigenvalue weighted by molar-refractivity contribution is -0.122. The van der Waals surface area contributed by atoms with Crippen molar-refractivity contribution in [2.75, 3.05) is 6.54 Å². The molecule has 2 heterocycles. The Hall–Kier alpha value is -4.02. The summed E-state index contributed by atoms with van der Waals surface area (Å²) in [6.07, 6.45) is 1.75. The van der Waals surface area contributed by atoms with Crippen molar-refractivity contribution < 1.29 is 23.2 Å². The number of aryl methyl sites for hydroxylation is 2. The van der Waals surface area contributed by atoms with Gasteiger partial charge in [-0.15, -0.1) is 0 Å². The molecule has 2 aromatic heterocycles. The van der Waals surface area contributed by atoms with Gasteiger partial charge in [0.05, 0.1) is 12.1 Å². The van der Waals surface area contributed by atoms with E-state index in [4.69, 9.17) is 4.52 Å². The second kappa shape index (κ2) is 13.7. The minimum Gasteiger partial charge on any atom is -0.390 e. The zero-order valence-electron chi connectivity index (χ0n) is 21.6. The van der Waals surface area contributed by atoms with Crippen LogP contribution in [0.15, 0.2) is 71.4 Å². The molecule has 0 saturated carbocycles. The summed E-state index contributed by atoms with van der Waals surface area (Å²) >= 11 is 0. The molecule has 0 spiro atoms. The Balaban J connectivity index is 1.37. The van der Waals surface area contributed by atoms with E-state index < -0.39 is 23.8 Å². The minimum absolute atomic E-state index is 0.0157. The first kappa shape index (κ1) is 28.0. The van der Waals surface area contributed by atoms with Gasteiger partial charge in [0.15, 0.2) is 0 Å². The molecule has 0 aliphatic rings. The fourth-order valence-corrected chi connectivity index (χ4v) is 4.19. The zero-order chi connectivity index (χ0) is 27.6. The fraction of sp³-hybridized carbons (Fsp3) is 0.310. The normalized spacial score (nSPS) is 12.7. The average Bonchev–Trinajstić information content (AvgIpc) is 3.41. The second-order valence-electron chi connectivity index (χ2n) is 9.25. The van der Waals surface area contributed by atoms with Gasteiger partial charge in [0.25, 0.3) is 0 Å². The third kappa shape index (κ3) is 8.49. The van der Waals surface area contributed by atoms with Gasteiger partial charge >= 0.3 is 0 Å². The van der Waals surface area contributed by atoms with Gasteiger partial charge < -0.3 is 20.3 Å². The van der Waals surface area contributed by atoms with Crippen molar-refractivity contribution in [1.82, 2.24) is 25.8 Å². The van der Waals surface area contributed by atoms with E-state index in [1.165, 1.54) is 17.7 Å². The molecule has 4 rings (SSSR count). The van der Waals surface area contributed by atoms with Crippen LogP contribution in [0, 0.1) is 11.6 Å². The summed E-state index contributed by atoms with van der Waals surface area (Å²) in [5.74, 6) is -1.23. The first-order valence-corrected chi connectivity index (χ1v) is 12.8. The number of nitrogens with zero attached hydrogens (tertiary/aromatic N) is 3. The van der Waals surface area contributed by atoms with Crippen LogP contribution >= 0.6 is 0 Å². The highest BCUT2D eigenvalue weighted by Crippen LogP contribution is 2.14. The molecule has 0 radical (unpaired) electrons. The number of halogens is 2. The third-order valence-corrected chi connectivity index (χ3v) is 6.20. The largest absolute Gasteiger partial charge is 0.390 e. The van der Waals surface area contributed by atoms with Crippen LogP contribution in [0.4, 0.5) is 8.78 Å². The van der Waals surface area contributed by atoms with E-state index in [-0.39, 0.29) is 37.6 Å². The number of benzene rings is 2. The molecule has 1 amide bonds. The summed E-state index contributed by atoms with van der Waals surface area (Å²) in [6, 6.07) is 15.8. The zero-order valence-corrected chi connectivity index (χ0v) is 21.6. The fourth-order valence-electron chi connectivity index (χ4n) is 4.19. The predicted molar refractivity (Wildman–Crippen MR) is 141 cm³/mol. The van der Waals surface area contributed by atoms with Gasteiger partial charge in [-0.3, -0.25) is 9.78 Å². The number of aliphatic hydroxyl groups is 1. The van der Waals surface area contributed by atoms with Gasteiger partial charge in [-0.25, -0.2) is 8.78 Å². The van der Waals surface area contributed by atoms with Gasteiger partial charge in [0, 0.05) is 38.2 Å². The van der Waals surface area contributed by atoms with E-state index in [1.54, 1.807) is 24.4 Å². The lowest BCUT2D eigenvalue weighted by Crippen LogP contribution is -2.48. The van der Waals surface area contributed by atoms with E-state index in [0.29, 0.717) is 23.6 Å². The van der Waals surface area contributed by atoms with Crippen LogP contribution < -0.4 is 10.6 Å². The minimum atomic E-state index is -1.02. The molecule has 2 unspecified atom stereocenters. The van der Waals surface area contributed by atoms with Crippen molar-refractivity contribution >= 4 is 5.91 Å². The topological polar surface area (TPSA) is 113 Å². The summed E-state index contributed by atoms with van der Waals surface area (Å²) < 4.78 is 32.8. The number of carbonyl (C=O) groups is 1. The summed E-state index contributed by atoms with van der Waals surface area (Å²) in [4.78, 5) is 21.2. The van der Waals surface area contributed by atoms with Crippen LogP contribution in [-0.2, 0) is 30.6 Å². The quantitative estimate of drug-likeness (QED) is 0.239. The molecule has 2 aromatic carbocycles. The van der Waals surface area contributed by atoms with E-state index in [9.17, 15) is 18.7 Å². The highest BCUT2D eigenvalue weighted by atomic mass is 19.1. The van der Waals surface area contributed by atoms with Crippen molar-refractivity contribution in [2.45, 2.75) is 51.3 Å². The molecule has 2 atom stereocenters. The predicted octanol–water partition coefficient (Wildman–Crippen LogP) is 3.78. The van der Waals surface area contributed by atoms with Crippen molar-refractivity contribution in [2.24, 2.45) is 0 Å². The van der Waals surface area contributed by atoms with Crippen molar-refractivity contribution in [1.29, 1.82) is 0 Å². The average molecular weight is 536 g/mol. The molecule has 3 N–H and O–H groups in total. The molecule has 0 fully saturated rings. The van der Waals surface area contributed by atoms with Crippen molar-refractivity contribution in [3.63, 3.8) is 0 Å². The smallest absolute Gasteiger partial charge is 0.227 e. The molecule has 0 aliphatic carbocycles. The molecule has 10 heteroatoms. The van der Waals surface area contributed by atoms with E-state index in [2.05, 4.69) is 44.8 Å². The number of pyridine rings is 1. The molecule has 0 saturated heterocycles. The Labute approximate surface area is 225 Å². The summed E-state index contributed by atoms with van der Waals surface area (Å²) in [5, 5.41) is 20.8.